The second-order valence-corrected chi connectivity index (χ2v) is 4.68. The normalized spacial score (nSPS) is 10.1. The summed E-state index contributed by atoms with van der Waals surface area (Å²) in [6.07, 6.45) is 0. The highest BCUT2D eigenvalue weighted by Gasteiger charge is 2.16. The fraction of sp³-hybridized carbons (Fsp3) is 0. The smallest absolute Gasteiger partial charge is 0.314 e. The van der Waals surface area contributed by atoms with Crippen molar-refractivity contribution in [1.29, 1.82) is 0 Å². The average Bonchev–Trinajstić information content (AvgIpc) is 2.45. The number of nitrogen functional groups attached to an aromatic ring is 1. The zero-order valence-electron chi connectivity index (χ0n) is 11.0. The van der Waals surface area contributed by atoms with E-state index in [9.17, 15) is 18.4 Å². The topological polar surface area (TPSA) is 84.2 Å². The van der Waals surface area contributed by atoms with E-state index >= 15 is 0 Å². The molecule has 2 rings (SSSR count). The van der Waals surface area contributed by atoms with Crippen molar-refractivity contribution in [3.8, 4) is 0 Å². The van der Waals surface area contributed by atoms with Crippen LogP contribution in [0.2, 0.25) is 5.02 Å². The summed E-state index contributed by atoms with van der Waals surface area (Å²) >= 11 is 5.78. The number of hydrogen-bond donors (Lipinski definition) is 3. The number of halogens is 3. The lowest BCUT2D eigenvalue weighted by Crippen LogP contribution is -2.29. The van der Waals surface area contributed by atoms with Crippen LogP contribution in [0, 0.1) is 11.6 Å². The summed E-state index contributed by atoms with van der Waals surface area (Å²) in [6, 6.07) is 6.82. The van der Waals surface area contributed by atoms with Crippen LogP contribution >= 0.6 is 11.6 Å². The lowest BCUT2D eigenvalue weighted by molar-refractivity contribution is -0.133. The summed E-state index contributed by atoms with van der Waals surface area (Å²) in [5, 5.41) is 4.52. The van der Waals surface area contributed by atoms with Crippen molar-refractivity contribution in [3.63, 3.8) is 0 Å². The van der Waals surface area contributed by atoms with Gasteiger partial charge in [-0.15, -0.1) is 0 Å². The van der Waals surface area contributed by atoms with Crippen molar-refractivity contribution >= 4 is 40.5 Å². The zero-order valence-corrected chi connectivity index (χ0v) is 11.7. The maximum atomic E-state index is 13.4. The molecule has 0 bridgehead atoms. The molecule has 114 valence electrons. The molecule has 5 nitrogen and oxygen atoms in total. The van der Waals surface area contributed by atoms with Gasteiger partial charge in [-0.1, -0.05) is 11.6 Å². The number of rotatable bonds is 2. The Morgan fingerprint density at radius 3 is 2.32 bits per heavy atom. The fourth-order valence-corrected chi connectivity index (χ4v) is 1.74. The van der Waals surface area contributed by atoms with Crippen LogP contribution in [0.5, 0.6) is 0 Å². The van der Waals surface area contributed by atoms with Gasteiger partial charge in [-0.2, -0.15) is 0 Å². The third-order valence-corrected chi connectivity index (χ3v) is 2.97. The summed E-state index contributed by atoms with van der Waals surface area (Å²) in [7, 11) is 0. The van der Waals surface area contributed by atoms with E-state index in [1.807, 2.05) is 5.32 Å². The number of hydrogen-bond acceptors (Lipinski definition) is 3. The molecule has 2 aromatic carbocycles. The second kappa shape index (κ2) is 6.40. The number of anilines is 3. The Labute approximate surface area is 129 Å². The van der Waals surface area contributed by atoms with Crippen LogP contribution in [0.3, 0.4) is 0 Å². The molecule has 0 unspecified atom stereocenters. The maximum absolute atomic E-state index is 13.4. The van der Waals surface area contributed by atoms with Crippen molar-refractivity contribution in [2.24, 2.45) is 0 Å². The first-order chi connectivity index (χ1) is 10.4. The lowest BCUT2D eigenvalue weighted by Gasteiger charge is -2.08. The van der Waals surface area contributed by atoms with Crippen molar-refractivity contribution in [2.45, 2.75) is 0 Å². The van der Waals surface area contributed by atoms with Gasteiger partial charge in [0.15, 0.2) is 0 Å². The largest absolute Gasteiger partial charge is 0.398 e. The van der Waals surface area contributed by atoms with E-state index in [0.717, 1.165) is 12.1 Å². The zero-order chi connectivity index (χ0) is 16.3. The van der Waals surface area contributed by atoms with E-state index < -0.39 is 23.4 Å². The molecule has 0 atom stereocenters. The molecule has 0 saturated carbocycles. The summed E-state index contributed by atoms with van der Waals surface area (Å²) in [5.41, 5.74) is 5.77. The first-order valence-corrected chi connectivity index (χ1v) is 6.37. The van der Waals surface area contributed by atoms with E-state index in [0.29, 0.717) is 11.8 Å². The number of nitrogens with two attached hydrogens (primary N) is 1. The maximum Gasteiger partial charge on any atom is 0.314 e. The van der Waals surface area contributed by atoms with Gasteiger partial charge in [0.25, 0.3) is 0 Å². The summed E-state index contributed by atoms with van der Waals surface area (Å²) in [4.78, 5) is 23.4. The Balaban J connectivity index is 2.05. The van der Waals surface area contributed by atoms with E-state index in [2.05, 4.69) is 5.32 Å². The predicted molar refractivity (Wildman–Crippen MR) is 79.5 cm³/mol. The number of nitrogens with one attached hydrogen (secondary N) is 2. The van der Waals surface area contributed by atoms with E-state index in [-0.39, 0.29) is 16.4 Å². The van der Waals surface area contributed by atoms with Crippen LogP contribution in [0.25, 0.3) is 0 Å². The van der Waals surface area contributed by atoms with E-state index in [1.165, 1.54) is 18.2 Å². The molecular weight excluding hydrogens is 316 g/mol. The van der Waals surface area contributed by atoms with E-state index in [1.54, 1.807) is 0 Å². The minimum absolute atomic E-state index is 0.211. The molecule has 0 heterocycles. The Kier molecular flexibility index (Phi) is 4.57. The molecule has 0 fully saturated rings. The lowest BCUT2D eigenvalue weighted by atomic mass is 10.2. The molecule has 0 saturated heterocycles. The Bertz CT molecular complexity index is 753. The Morgan fingerprint density at radius 2 is 1.68 bits per heavy atom. The van der Waals surface area contributed by atoms with Crippen LogP contribution in [-0.4, -0.2) is 11.8 Å². The third-order valence-electron chi connectivity index (χ3n) is 2.64. The number of benzene rings is 2. The van der Waals surface area contributed by atoms with Gasteiger partial charge < -0.3 is 16.4 Å². The van der Waals surface area contributed by atoms with Gasteiger partial charge in [0, 0.05) is 11.8 Å². The Hall–Kier alpha value is -2.67. The molecule has 0 aliphatic carbocycles. The van der Waals surface area contributed by atoms with Crippen LogP contribution in [0.1, 0.15) is 0 Å². The quantitative estimate of drug-likeness (QED) is 0.586. The second-order valence-electron chi connectivity index (χ2n) is 4.27. The van der Waals surface area contributed by atoms with Crippen molar-refractivity contribution < 1.29 is 18.4 Å². The SMILES string of the molecule is Nc1ccc(NC(=O)C(=O)Nc2ccc(F)cc2F)cc1Cl. The van der Waals surface area contributed by atoms with Crippen molar-refractivity contribution in [2.75, 3.05) is 16.4 Å². The number of amides is 2. The predicted octanol–water partition coefficient (Wildman–Crippen LogP) is 2.78. The Morgan fingerprint density at radius 1 is 1.00 bits per heavy atom. The molecule has 2 amide bonds. The van der Waals surface area contributed by atoms with Gasteiger partial charge in [-0.05, 0) is 30.3 Å². The van der Waals surface area contributed by atoms with Gasteiger partial charge in [0.2, 0.25) is 0 Å². The van der Waals surface area contributed by atoms with Gasteiger partial charge in [0.05, 0.1) is 16.4 Å². The number of carbonyl (C=O) groups excluding carboxylic acids is 2. The fourth-order valence-electron chi connectivity index (χ4n) is 1.56. The first kappa shape index (κ1) is 15.7. The minimum Gasteiger partial charge on any atom is -0.398 e. The van der Waals surface area contributed by atoms with Crippen LogP contribution < -0.4 is 16.4 Å². The standard InChI is InChI=1S/C14H10ClF2N3O2/c15-9-6-8(2-3-11(9)18)19-13(21)14(22)20-12-4-1-7(16)5-10(12)17/h1-6H,18H2,(H,19,21)(H,20,22). The molecular formula is C14H10ClF2N3O2. The summed E-state index contributed by atoms with van der Waals surface area (Å²) in [5.74, 6) is -3.93. The van der Waals surface area contributed by atoms with Gasteiger partial charge >= 0.3 is 11.8 Å². The molecule has 0 aliphatic heterocycles. The molecule has 0 aliphatic rings. The molecule has 4 N–H and O–H groups in total. The molecule has 0 aromatic heterocycles. The van der Waals surface area contributed by atoms with Gasteiger partial charge in [0.1, 0.15) is 11.6 Å². The van der Waals surface area contributed by atoms with Crippen molar-refractivity contribution in [3.05, 3.63) is 53.1 Å². The highest BCUT2D eigenvalue weighted by Crippen LogP contribution is 2.22. The monoisotopic (exact) mass is 325 g/mol. The molecule has 0 radical (unpaired) electrons. The highest BCUT2D eigenvalue weighted by molar-refractivity contribution is 6.43. The summed E-state index contributed by atoms with van der Waals surface area (Å²) < 4.78 is 26.1. The van der Waals surface area contributed by atoms with Crippen LogP contribution in [0.4, 0.5) is 25.8 Å². The minimum atomic E-state index is -1.11. The molecule has 0 spiro atoms. The molecule has 8 heteroatoms. The highest BCUT2D eigenvalue weighted by atomic mass is 35.5. The van der Waals surface area contributed by atoms with E-state index in [4.69, 9.17) is 17.3 Å². The third kappa shape index (κ3) is 3.70. The first-order valence-electron chi connectivity index (χ1n) is 5.99. The molecule has 22 heavy (non-hydrogen) atoms. The molecule has 2 aromatic rings. The van der Waals surface area contributed by atoms with Crippen molar-refractivity contribution in [1.82, 2.24) is 0 Å². The van der Waals surface area contributed by atoms with Gasteiger partial charge in [-0.3, -0.25) is 9.59 Å². The van der Waals surface area contributed by atoms with Crippen LogP contribution in [-0.2, 0) is 9.59 Å². The van der Waals surface area contributed by atoms with Gasteiger partial charge in [-0.25, -0.2) is 8.78 Å². The van der Waals surface area contributed by atoms with Crippen LogP contribution in [0.15, 0.2) is 36.4 Å². The summed E-state index contributed by atoms with van der Waals surface area (Å²) in [6.45, 7) is 0. The average molecular weight is 326 g/mol. The number of carbonyl (C=O) groups is 2.